The molecule has 6 nitrogen and oxygen atoms in total. The Morgan fingerprint density at radius 3 is 2.43 bits per heavy atom. The maximum Gasteiger partial charge on any atom is 0.238 e. The molecule has 0 saturated heterocycles. The van der Waals surface area contributed by atoms with Gasteiger partial charge in [0.1, 0.15) is 0 Å². The summed E-state index contributed by atoms with van der Waals surface area (Å²) in [5.74, 6) is -0.0456. The maximum atomic E-state index is 11.7. The molecule has 0 spiro atoms. The minimum absolute atomic E-state index is 0.0456. The largest absolute Gasteiger partial charge is 0.367 e. The summed E-state index contributed by atoms with van der Waals surface area (Å²) in [4.78, 5) is 14.6. The number of hydrogen-bond acceptors (Lipinski definition) is 3. The van der Waals surface area contributed by atoms with Crippen LogP contribution in [0.5, 0.6) is 0 Å². The third kappa shape index (κ3) is 4.73. The van der Waals surface area contributed by atoms with E-state index in [1.807, 2.05) is 6.07 Å². The highest BCUT2D eigenvalue weighted by Gasteiger charge is 2.07. The van der Waals surface area contributed by atoms with E-state index < -0.39 is 10.0 Å². The second-order valence-corrected chi connectivity index (χ2v) is 6.25. The Morgan fingerprint density at radius 1 is 1.14 bits per heavy atom. The van der Waals surface area contributed by atoms with Gasteiger partial charge in [0.05, 0.1) is 11.3 Å². The van der Waals surface area contributed by atoms with Crippen LogP contribution in [0.15, 0.2) is 47.6 Å². The molecule has 112 valence electrons. The van der Waals surface area contributed by atoms with Crippen LogP contribution in [-0.2, 0) is 27.7 Å². The Kier molecular flexibility index (Phi) is 4.77. The Hall–Kier alpha value is -2.12. The van der Waals surface area contributed by atoms with Crippen LogP contribution in [0.4, 0.5) is 0 Å². The summed E-state index contributed by atoms with van der Waals surface area (Å²) in [6.45, 7) is 0.498. The van der Waals surface area contributed by atoms with Gasteiger partial charge in [0.15, 0.2) is 0 Å². The van der Waals surface area contributed by atoms with Crippen LogP contribution in [0.3, 0.4) is 0 Å². The van der Waals surface area contributed by atoms with Crippen LogP contribution in [-0.4, -0.2) is 25.9 Å². The zero-order valence-electron chi connectivity index (χ0n) is 11.4. The van der Waals surface area contributed by atoms with Gasteiger partial charge in [0.25, 0.3) is 0 Å². The molecule has 1 aromatic carbocycles. The van der Waals surface area contributed by atoms with Gasteiger partial charge in [0.2, 0.25) is 15.9 Å². The summed E-state index contributed by atoms with van der Waals surface area (Å²) >= 11 is 0. The predicted molar refractivity (Wildman–Crippen MR) is 79.0 cm³/mol. The summed E-state index contributed by atoms with van der Waals surface area (Å²) < 4.78 is 22.2. The second-order valence-electron chi connectivity index (χ2n) is 4.68. The molecule has 1 aromatic heterocycles. The number of aromatic amines is 1. The zero-order chi connectivity index (χ0) is 15.3. The molecule has 0 aliphatic heterocycles. The molecular formula is C14H17N3O3S. The van der Waals surface area contributed by atoms with Crippen molar-refractivity contribution in [1.29, 1.82) is 0 Å². The first kappa shape index (κ1) is 15.3. The van der Waals surface area contributed by atoms with Crippen LogP contribution < -0.4 is 10.5 Å². The van der Waals surface area contributed by atoms with Gasteiger partial charge in [0, 0.05) is 18.9 Å². The summed E-state index contributed by atoms with van der Waals surface area (Å²) in [5.41, 5.74) is 1.87. The number of hydrogen-bond donors (Lipinski definition) is 3. The van der Waals surface area contributed by atoms with E-state index in [0.29, 0.717) is 19.4 Å². The molecule has 0 aliphatic carbocycles. The van der Waals surface area contributed by atoms with Gasteiger partial charge >= 0.3 is 0 Å². The Balaban J connectivity index is 1.79. The van der Waals surface area contributed by atoms with Gasteiger partial charge in [-0.2, -0.15) is 0 Å². The molecule has 0 atom stereocenters. The fraction of sp³-hybridized carbons (Fsp3) is 0.214. The highest BCUT2D eigenvalue weighted by Crippen LogP contribution is 2.08. The third-order valence-electron chi connectivity index (χ3n) is 3.01. The molecule has 0 unspecified atom stereocenters. The van der Waals surface area contributed by atoms with E-state index >= 15 is 0 Å². The zero-order valence-corrected chi connectivity index (χ0v) is 12.2. The number of H-pyrrole nitrogens is 1. The molecule has 0 aliphatic rings. The number of benzene rings is 1. The lowest BCUT2D eigenvalue weighted by molar-refractivity contribution is -0.120. The van der Waals surface area contributed by atoms with Gasteiger partial charge in [-0.15, -0.1) is 0 Å². The average Bonchev–Trinajstić information content (AvgIpc) is 2.91. The lowest BCUT2D eigenvalue weighted by Crippen LogP contribution is -2.27. The number of sulfonamides is 1. The van der Waals surface area contributed by atoms with E-state index in [-0.39, 0.29) is 10.8 Å². The van der Waals surface area contributed by atoms with Crippen molar-refractivity contribution in [1.82, 2.24) is 10.3 Å². The molecule has 1 heterocycles. The summed E-state index contributed by atoms with van der Waals surface area (Å²) in [6.07, 6.45) is 4.53. The molecule has 0 saturated carbocycles. The summed E-state index contributed by atoms with van der Waals surface area (Å²) in [5, 5.41) is 7.84. The van der Waals surface area contributed by atoms with E-state index in [2.05, 4.69) is 10.3 Å². The van der Waals surface area contributed by atoms with Crippen LogP contribution in [0, 0.1) is 0 Å². The van der Waals surface area contributed by atoms with E-state index in [9.17, 15) is 13.2 Å². The van der Waals surface area contributed by atoms with Gasteiger partial charge in [-0.3, -0.25) is 4.79 Å². The van der Waals surface area contributed by atoms with Crippen molar-refractivity contribution < 1.29 is 13.2 Å². The number of carbonyl (C=O) groups excluding carboxylic acids is 1. The van der Waals surface area contributed by atoms with Gasteiger partial charge < -0.3 is 10.3 Å². The molecule has 2 aromatic rings. The Morgan fingerprint density at radius 2 is 1.86 bits per heavy atom. The Bertz CT molecular complexity index is 692. The van der Waals surface area contributed by atoms with Crippen molar-refractivity contribution in [2.24, 2.45) is 5.14 Å². The van der Waals surface area contributed by atoms with Crippen molar-refractivity contribution in [3.8, 4) is 0 Å². The van der Waals surface area contributed by atoms with E-state index in [1.165, 1.54) is 12.1 Å². The van der Waals surface area contributed by atoms with Crippen molar-refractivity contribution in [3.63, 3.8) is 0 Å². The van der Waals surface area contributed by atoms with Crippen LogP contribution in [0.2, 0.25) is 0 Å². The minimum Gasteiger partial charge on any atom is -0.367 e. The quantitative estimate of drug-likeness (QED) is 0.726. The number of rotatable bonds is 6. The SMILES string of the molecule is NS(=O)(=O)c1ccc(CCNC(=O)Cc2cc[nH]c2)cc1. The van der Waals surface area contributed by atoms with Crippen molar-refractivity contribution in [2.75, 3.05) is 6.54 Å². The highest BCUT2D eigenvalue weighted by atomic mass is 32.2. The lowest BCUT2D eigenvalue weighted by atomic mass is 10.1. The molecular weight excluding hydrogens is 290 g/mol. The van der Waals surface area contributed by atoms with Crippen LogP contribution in [0.1, 0.15) is 11.1 Å². The molecule has 0 bridgehead atoms. The number of aromatic nitrogens is 1. The van der Waals surface area contributed by atoms with Gasteiger partial charge in [-0.25, -0.2) is 13.6 Å². The first-order valence-electron chi connectivity index (χ1n) is 6.45. The van der Waals surface area contributed by atoms with Crippen molar-refractivity contribution in [2.45, 2.75) is 17.7 Å². The number of nitrogens with two attached hydrogens (primary N) is 1. The minimum atomic E-state index is -3.66. The molecule has 4 N–H and O–H groups in total. The summed E-state index contributed by atoms with van der Waals surface area (Å²) in [6, 6.07) is 8.17. The van der Waals surface area contributed by atoms with Crippen LogP contribution >= 0.6 is 0 Å². The first-order chi connectivity index (χ1) is 9.95. The van der Waals surface area contributed by atoms with Crippen molar-refractivity contribution in [3.05, 3.63) is 53.9 Å². The lowest BCUT2D eigenvalue weighted by Gasteiger charge is -2.05. The number of amides is 1. The monoisotopic (exact) mass is 307 g/mol. The van der Waals surface area contributed by atoms with Gasteiger partial charge in [-0.05, 0) is 35.7 Å². The van der Waals surface area contributed by atoms with E-state index in [0.717, 1.165) is 11.1 Å². The molecule has 2 rings (SSSR count). The standard InChI is InChI=1S/C14H17N3O3S/c15-21(19,20)13-3-1-11(2-4-13)6-8-17-14(18)9-12-5-7-16-10-12/h1-5,7,10,16H,6,8-9H2,(H,17,18)(H2,15,19,20). The first-order valence-corrected chi connectivity index (χ1v) is 8.00. The topological polar surface area (TPSA) is 105 Å². The maximum absolute atomic E-state index is 11.7. The van der Waals surface area contributed by atoms with Crippen LogP contribution in [0.25, 0.3) is 0 Å². The Labute approximate surface area is 123 Å². The van der Waals surface area contributed by atoms with E-state index in [4.69, 9.17) is 5.14 Å². The molecule has 0 radical (unpaired) electrons. The molecule has 0 fully saturated rings. The van der Waals surface area contributed by atoms with Crippen molar-refractivity contribution >= 4 is 15.9 Å². The third-order valence-corrected chi connectivity index (χ3v) is 3.94. The molecule has 7 heteroatoms. The van der Waals surface area contributed by atoms with E-state index in [1.54, 1.807) is 24.5 Å². The fourth-order valence-corrected chi connectivity index (χ4v) is 2.42. The average molecular weight is 307 g/mol. The fourth-order valence-electron chi connectivity index (χ4n) is 1.91. The molecule has 1 amide bonds. The predicted octanol–water partition coefficient (Wildman–Crippen LogP) is 0.563. The van der Waals surface area contributed by atoms with Gasteiger partial charge in [-0.1, -0.05) is 12.1 Å². The summed E-state index contributed by atoms with van der Waals surface area (Å²) in [7, 11) is -3.66. The molecule has 21 heavy (non-hydrogen) atoms. The number of nitrogens with one attached hydrogen (secondary N) is 2. The smallest absolute Gasteiger partial charge is 0.238 e. The number of primary sulfonamides is 1. The normalized spacial score (nSPS) is 11.3. The second kappa shape index (κ2) is 6.55. The highest BCUT2D eigenvalue weighted by molar-refractivity contribution is 7.89. The number of carbonyl (C=O) groups is 1.